The summed E-state index contributed by atoms with van der Waals surface area (Å²) in [5, 5.41) is 14.2. The van der Waals surface area contributed by atoms with Gasteiger partial charge in [0.05, 0.1) is 17.1 Å². The average Bonchev–Trinajstić information content (AvgIpc) is 2.98. The zero-order valence-corrected chi connectivity index (χ0v) is 17.0. The third-order valence-corrected chi connectivity index (χ3v) is 6.11. The molecule has 9 heteroatoms. The predicted molar refractivity (Wildman–Crippen MR) is 108 cm³/mol. The van der Waals surface area contributed by atoms with E-state index in [1.54, 1.807) is 6.92 Å². The van der Waals surface area contributed by atoms with Gasteiger partial charge < -0.3 is 10.1 Å². The van der Waals surface area contributed by atoms with Crippen molar-refractivity contribution in [2.75, 3.05) is 11.9 Å². The van der Waals surface area contributed by atoms with E-state index in [2.05, 4.69) is 12.2 Å². The molecule has 1 aromatic carbocycles. The summed E-state index contributed by atoms with van der Waals surface area (Å²) in [7, 11) is 0. The summed E-state index contributed by atoms with van der Waals surface area (Å²) in [6, 6.07) is 3.84. The third-order valence-electron chi connectivity index (χ3n) is 4.62. The van der Waals surface area contributed by atoms with E-state index < -0.39 is 16.8 Å². The number of hydrogen-bond donors (Lipinski definition) is 1. The number of benzene rings is 1. The number of halogens is 1. The van der Waals surface area contributed by atoms with Crippen molar-refractivity contribution in [2.45, 2.75) is 33.1 Å². The SMILES string of the molecule is CCOC(=O)c1c(NC(=O)c2ccc(Cl)c([N+](=O)[O-])c2)sc2c1CC[C@@H](C)C2. The molecule has 1 N–H and O–H groups in total. The van der Waals surface area contributed by atoms with E-state index in [1.807, 2.05) is 0 Å². The molecule has 2 aromatic rings. The molecule has 1 amide bonds. The lowest BCUT2D eigenvalue weighted by Gasteiger charge is -2.18. The van der Waals surface area contributed by atoms with Gasteiger partial charge in [-0.25, -0.2) is 4.79 Å². The molecule has 28 heavy (non-hydrogen) atoms. The maximum absolute atomic E-state index is 12.7. The summed E-state index contributed by atoms with van der Waals surface area (Å²) in [5.74, 6) is -0.507. The molecule has 1 aromatic heterocycles. The molecule has 1 aliphatic carbocycles. The molecular weight excluding hydrogens is 404 g/mol. The minimum absolute atomic E-state index is 0.0469. The second-order valence-corrected chi connectivity index (χ2v) is 8.17. The highest BCUT2D eigenvalue weighted by Gasteiger charge is 2.29. The van der Waals surface area contributed by atoms with E-state index >= 15 is 0 Å². The van der Waals surface area contributed by atoms with Crippen molar-refractivity contribution in [3.05, 3.63) is 54.9 Å². The number of thiophene rings is 1. The van der Waals surface area contributed by atoms with E-state index in [-0.39, 0.29) is 22.9 Å². The Morgan fingerprint density at radius 3 is 2.86 bits per heavy atom. The number of nitro benzene ring substituents is 1. The fourth-order valence-corrected chi connectivity index (χ4v) is 4.81. The topological polar surface area (TPSA) is 98.5 Å². The lowest BCUT2D eigenvalue weighted by Crippen LogP contribution is -2.16. The Kier molecular flexibility index (Phi) is 6.00. The van der Waals surface area contributed by atoms with Gasteiger partial charge >= 0.3 is 5.97 Å². The van der Waals surface area contributed by atoms with E-state index in [9.17, 15) is 19.7 Å². The van der Waals surface area contributed by atoms with Gasteiger partial charge in [-0.3, -0.25) is 14.9 Å². The Labute approximate surface area is 170 Å². The molecule has 1 atom stereocenters. The lowest BCUT2D eigenvalue weighted by molar-refractivity contribution is -0.384. The minimum atomic E-state index is -0.644. The average molecular weight is 423 g/mol. The summed E-state index contributed by atoms with van der Waals surface area (Å²) in [5.41, 5.74) is 1.06. The number of hydrogen-bond acceptors (Lipinski definition) is 6. The van der Waals surface area contributed by atoms with Crippen LogP contribution in [0.2, 0.25) is 5.02 Å². The number of rotatable bonds is 5. The molecule has 3 rings (SSSR count). The number of nitrogens with one attached hydrogen (secondary N) is 1. The Hall–Kier alpha value is -2.45. The van der Waals surface area contributed by atoms with Gasteiger partial charge in [0, 0.05) is 16.5 Å². The Morgan fingerprint density at radius 2 is 2.18 bits per heavy atom. The van der Waals surface area contributed by atoms with Crippen LogP contribution in [0.4, 0.5) is 10.7 Å². The molecule has 0 radical (unpaired) electrons. The van der Waals surface area contributed by atoms with Crippen LogP contribution < -0.4 is 5.32 Å². The number of carbonyl (C=O) groups is 2. The van der Waals surface area contributed by atoms with Gasteiger partial charge in [0.25, 0.3) is 11.6 Å². The maximum Gasteiger partial charge on any atom is 0.341 e. The number of anilines is 1. The Bertz CT molecular complexity index is 956. The van der Waals surface area contributed by atoms with Crippen LogP contribution in [0.5, 0.6) is 0 Å². The van der Waals surface area contributed by atoms with Crippen LogP contribution in [-0.2, 0) is 17.6 Å². The molecule has 148 valence electrons. The van der Waals surface area contributed by atoms with Crippen molar-refractivity contribution in [3.63, 3.8) is 0 Å². The van der Waals surface area contributed by atoms with Crippen LogP contribution in [0.3, 0.4) is 0 Å². The predicted octanol–water partition coefficient (Wildman–Crippen LogP) is 4.86. The summed E-state index contributed by atoms with van der Waals surface area (Å²) >= 11 is 7.17. The second-order valence-electron chi connectivity index (χ2n) is 6.65. The first-order valence-electron chi connectivity index (χ1n) is 8.88. The smallest absolute Gasteiger partial charge is 0.341 e. The molecule has 0 bridgehead atoms. The van der Waals surface area contributed by atoms with Crippen LogP contribution in [0.15, 0.2) is 18.2 Å². The van der Waals surface area contributed by atoms with Crippen LogP contribution in [-0.4, -0.2) is 23.4 Å². The van der Waals surface area contributed by atoms with Crippen molar-refractivity contribution in [3.8, 4) is 0 Å². The van der Waals surface area contributed by atoms with Crippen molar-refractivity contribution in [2.24, 2.45) is 5.92 Å². The first-order valence-corrected chi connectivity index (χ1v) is 10.1. The third kappa shape index (κ3) is 4.02. The largest absolute Gasteiger partial charge is 0.462 e. The Balaban J connectivity index is 1.95. The molecule has 0 unspecified atom stereocenters. The van der Waals surface area contributed by atoms with E-state index in [1.165, 1.54) is 23.5 Å². The Morgan fingerprint density at radius 1 is 1.43 bits per heavy atom. The quantitative estimate of drug-likeness (QED) is 0.421. The molecule has 0 saturated carbocycles. The van der Waals surface area contributed by atoms with E-state index in [0.717, 1.165) is 35.8 Å². The van der Waals surface area contributed by atoms with Gasteiger partial charge in [-0.15, -0.1) is 11.3 Å². The van der Waals surface area contributed by atoms with Gasteiger partial charge in [0.15, 0.2) is 0 Å². The van der Waals surface area contributed by atoms with Gasteiger partial charge in [-0.1, -0.05) is 18.5 Å². The number of ether oxygens (including phenoxy) is 1. The number of nitrogens with zero attached hydrogens (tertiary/aromatic N) is 1. The number of carbonyl (C=O) groups excluding carboxylic acids is 2. The van der Waals surface area contributed by atoms with E-state index in [0.29, 0.717) is 16.5 Å². The fraction of sp³-hybridized carbons (Fsp3) is 0.368. The molecule has 1 heterocycles. The highest BCUT2D eigenvalue weighted by Crippen LogP contribution is 2.40. The molecule has 0 spiro atoms. The highest BCUT2D eigenvalue weighted by atomic mass is 35.5. The van der Waals surface area contributed by atoms with Gasteiger partial charge in [0.2, 0.25) is 0 Å². The zero-order chi connectivity index (χ0) is 20.4. The maximum atomic E-state index is 12.7. The zero-order valence-electron chi connectivity index (χ0n) is 15.4. The van der Waals surface area contributed by atoms with Crippen molar-refractivity contribution < 1.29 is 19.2 Å². The van der Waals surface area contributed by atoms with Gasteiger partial charge in [-0.05, 0) is 49.8 Å². The number of esters is 1. The van der Waals surface area contributed by atoms with Crippen LogP contribution in [0.25, 0.3) is 0 Å². The van der Waals surface area contributed by atoms with Crippen molar-refractivity contribution in [1.29, 1.82) is 0 Å². The summed E-state index contributed by atoms with van der Waals surface area (Å²) in [4.78, 5) is 36.7. The number of fused-ring (bicyclic) bond motifs is 1. The fourth-order valence-electron chi connectivity index (χ4n) is 3.23. The first kappa shape index (κ1) is 20.3. The first-order chi connectivity index (χ1) is 13.3. The normalized spacial score (nSPS) is 15.6. The number of nitro groups is 1. The monoisotopic (exact) mass is 422 g/mol. The molecule has 7 nitrogen and oxygen atoms in total. The van der Waals surface area contributed by atoms with Crippen LogP contribution >= 0.6 is 22.9 Å². The summed E-state index contributed by atoms with van der Waals surface area (Å²) < 4.78 is 5.18. The number of amides is 1. The molecule has 1 aliphatic rings. The molecular formula is C19H19ClN2O5S. The highest BCUT2D eigenvalue weighted by molar-refractivity contribution is 7.17. The van der Waals surface area contributed by atoms with Crippen molar-refractivity contribution >= 4 is 45.5 Å². The second kappa shape index (κ2) is 8.28. The van der Waals surface area contributed by atoms with Crippen molar-refractivity contribution in [1.82, 2.24) is 0 Å². The molecule has 0 aliphatic heterocycles. The molecule has 0 saturated heterocycles. The lowest BCUT2D eigenvalue weighted by atomic mass is 9.88. The van der Waals surface area contributed by atoms with Gasteiger partial charge in [0.1, 0.15) is 10.0 Å². The minimum Gasteiger partial charge on any atom is -0.462 e. The standard InChI is InChI=1S/C19H19ClN2O5S/c1-3-27-19(24)16-12-6-4-10(2)8-15(12)28-18(16)21-17(23)11-5-7-13(20)14(9-11)22(25)26/h5,7,9-10H,3-4,6,8H2,1-2H3,(H,21,23)/t10-/m1/s1. The molecule has 0 fully saturated rings. The van der Waals surface area contributed by atoms with Crippen LogP contribution in [0, 0.1) is 16.0 Å². The summed E-state index contributed by atoms with van der Waals surface area (Å²) in [6.07, 6.45) is 2.56. The van der Waals surface area contributed by atoms with Gasteiger partial charge in [-0.2, -0.15) is 0 Å². The van der Waals surface area contributed by atoms with Crippen LogP contribution in [0.1, 0.15) is 51.4 Å². The summed E-state index contributed by atoms with van der Waals surface area (Å²) in [6.45, 7) is 4.11. The van der Waals surface area contributed by atoms with E-state index in [4.69, 9.17) is 16.3 Å².